The monoisotopic (exact) mass is 234 g/mol. The van der Waals surface area contributed by atoms with Crippen LogP contribution in [0.25, 0.3) is 0 Å². The van der Waals surface area contributed by atoms with Crippen molar-refractivity contribution in [2.45, 2.75) is 0 Å². The lowest BCUT2D eigenvalue weighted by Gasteiger charge is -2.01. The number of halogens is 1. The molecule has 0 bridgehead atoms. The van der Waals surface area contributed by atoms with Crippen LogP contribution in [0.2, 0.25) is 5.02 Å². The Kier molecular flexibility index (Phi) is 3.87. The van der Waals surface area contributed by atoms with Crippen LogP contribution in [0.1, 0.15) is 9.67 Å². The Hall–Kier alpha value is -1.11. The number of nitrogens with one attached hydrogen (secondary N) is 1. The first kappa shape index (κ1) is 11.0. The van der Waals surface area contributed by atoms with Gasteiger partial charge in [-0.25, -0.2) is 5.48 Å². The predicted octanol–water partition coefficient (Wildman–Crippen LogP) is 0.548. The molecule has 0 saturated heterocycles. The van der Waals surface area contributed by atoms with Crippen LogP contribution in [-0.2, 0) is 9.63 Å². The van der Waals surface area contributed by atoms with Gasteiger partial charge in [0.15, 0.2) is 6.61 Å². The lowest BCUT2D eigenvalue weighted by Crippen LogP contribution is -2.29. The highest BCUT2D eigenvalue weighted by Gasteiger charge is 2.11. The van der Waals surface area contributed by atoms with E-state index < -0.39 is 11.8 Å². The topological polar surface area (TPSA) is 81.4 Å². The largest absolute Gasteiger partial charge is 0.368 e. The van der Waals surface area contributed by atoms with E-state index in [4.69, 9.17) is 17.3 Å². The first-order valence-corrected chi connectivity index (χ1v) is 4.80. The lowest BCUT2D eigenvalue weighted by atomic mass is 10.4. The number of amides is 2. The van der Waals surface area contributed by atoms with Gasteiger partial charge in [-0.2, -0.15) is 0 Å². The Morgan fingerprint density at radius 1 is 1.64 bits per heavy atom. The van der Waals surface area contributed by atoms with Crippen molar-refractivity contribution in [3.05, 3.63) is 21.3 Å². The maximum absolute atomic E-state index is 11.2. The van der Waals surface area contributed by atoms with Gasteiger partial charge < -0.3 is 5.73 Å². The number of carbonyl (C=O) groups is 2. The third-order valence-corrected chi connectivity index (χ3v) is 2.54. The highest BCUT2D eigenvalue weighted by atomic mass is 35.5. The zero-order valence-corrected chi connectivity index (χ0v) is 8.52. The summed E-state index contributed by atoms with van der Waals surface area (Å²) in [6.45, 7) is -0.366. The maximum Gasteiger partial charge on any atom is 0.286 e. The minimum absolute atomic E-state index is 0.330. The van der Waals surface area contributed by atoms with Crippen molar-refractivity contribution in [3.8, 4) is 0 Å². The molecule has 0 radical (unpaired) electrons. The number of hydrogen-bond acceptors (Lipinski definition) is 4. The predicted molar refractivity (Wildman–Crippen MR) is 51.9 cm³/mol. The minimum atomic E-state index is -0.664. The van der Waals surface area contributed by atoms with Crippen molar-refractivity contribution in [2.75, 3.05) is 6.61 Å². The molecule has 76 valence electrons. The third-order valence-electron chi connectivity index (χ3n) is 1.20. The van der Waals surface area contributed by atoms with Crippen LogP contribution in [0.15, 0.2) is 11.4 Å². The number of rotatable bonds is 4. The molecule has 0 aliphatic rings. The van der Waals surface area contributed by atoms with Gasteiger partial charge in [0.1, 0.15) is 4.88 Å². The Bertz CT molecular complexity index is 352. The Balaban J connectivity index is 2.44. The Morgan fingerprint density at radius 2 is 2.36 bits per heavy atom. The van der Waals surface area contributed by atoms with E-state index in [0.717, 1.165) is 0 Å². The summed E-state index contributed by atoms with van der Waals surface area (Å²) in [4.78, 5) is 26.3. The fraction of sp³-hybridized carbons (Fsp3) is 0.143. The van der Waals surface area contributed by atoms with Gasteiger partial charge in [0.05, 0.1) is 5.02 Å². The molecular formula is C7H7ClN2O3S. The fourth-order valence-electron chi connectivity index (χ4n) is 0.675. The van der Waals surface area contributed by atoms with Crippen LogP contribution in [0.4, 0.5) is 0 Å². The number of thiophene rings is 1. The molecule has 1 aromatic heterocycles. The van der Waals surface area contributed by atoms with Gasteiger partial charge in [0, 0.05) is 0 Å². The van der Waals surface area contributed by atoms with Crippen molar-refractivity contribution in [2.24, 2.45) is 5.73 Å². The number of primary amides is 1. The van der Waals surface area contributed by atoms with E-state index in [0.29, 0.717) is 9.90 Å². The molecule has 5 nitrogen and oxygen atoms in total. The summed E-state index contributed by atoms with van der Waals surface area (Å²) in [6.07, 6.45) is 0. The van der Waals surface area contributed by atoms with Crippen LogP contribution >= 0.6 is 22.9 Å². The summed E-state index contributed by atoms with van der Waals surface area (Å²) in [5, 5.41) is 2.01. The molecule has 1 rings (SSSR count). The maximum atomic E-state index is 11.2. The van der Waals surface area contributed by atoms with E-state index in [1.807, 2.05) is 5.48 Å². The second kappa shape index (κ2) is 4.94. The van der Waals surface area contributed by atoms with Gasteiger partial charge in [-0.3, -0.25) is 14.4 Å². The number of nitrogens with two attached hydrogens (primary N) is 1. The molecule has 0 aliphatic carbocycles. The summed E-state index contributed by atoms with van der Waals surface area (Å²) >= 11 is 6.85. The van der Waals surface area contributed by atoms with Crippen molar-refractivity contribution < 1.29 is 14.4 Å². The molecule has 7 heteroatoms. The van der Waals surface area contributed by atoms with E-state index in [2.05, 4.69) is 4.84 Å². The Labute approximate surface area is 88.8 Å². The van der Waals surface area contributed by atoms with Gasteiger partial charge in [0.25, 0.3) is 5.91 Å². The van der Waals surface area contributed by atoms with Crippen molar-refractivity contribution in [1.82, 2.24) is 5.48 Å². The van der Waals surface area contributed by atoms with Crippen molar-refractivity contribution in [1.29, 1.82) is 0 Å². The summed E-state index contributed by atoms with van der Waals surface area (Å²) in [5.74, 6) is -1.16. The van der Waals surface area contributed by atoms with E-state index >= 15 is 0 Å². The SMILES string of the molecule is NC(=O)CONC(=O)c1sccc1Cl. The zero-order valence-electron chi connectivity index (χ0n) is 6.95. The molecule has 2 amide bonds. The molecule has 0 aromatic carbocycles. The molecule has 3 N–H and O–H groups in total. The molecule has 1 heterocycles. The van der Waals surface area contributed by atoms with Crippen LogP contribution in [-0.4, -0.2) is 18.4 Å². The third kappa shape index (κ3) is 2.99. The first-order chi connectivity index (χ1) is 6.61. The highest BCUT2D eigenvalue weighted by Crippen LogP contribution is 2.21. The van der Waals surface area contributed by atoms with Crippen molar-refractivity contribution >= 4 is 34.8 Å². The summed E-state index contributed by atoms with van der Waals surface area (Å²) in [6, 6.07) is 1.59. The normalized spacial score (nSPS) is 9.79. The van der Waals surface area contributed by atoms with Gasteiger partial charge >= 0.3 is 0 Å². The standard InChI is InChI=1S/C7H7ClN2O3S/c8-4-1-2-14-6(4)7(12)10-13-3-5(9)11/h1-2H,3H2,(H2,9,11)(H,10,12). The average molecular weight is 235 g/mol. The number of hydrogen-bond donors (Lipinski definition) is 2. The fourth-order valence-corrected chi connectivity index (χ4v) is 1.70. The van der Waals surface area contributed by atoms with E-state index in [1.54, 1.807) is 11.4 Å². The van der Waals surface area contributed by atoms with Crippen LogP contribution in [0.5, 0.6) is 0 Å². The van der Waals surface area contributed by atoms with Crippen molar-refractivity contribution in [3.63, 3.8) is 0 Å². The molecule has 1 aromatic rings. The minimum Gasteiger partial charge on any atom is -0.368 e. The van der Waals surface area contributed by atoms with Gasteiger partial charge in [0.2, 0.25) is 5.91 Å². The van der Waals surface area contributed by atoms with Gasteiger partial charge in [-0.15, -0.1) is 11.3 Å². The molecule has 0 saturated carbocycles. The molecule has 0 unspecified atom stereocenters. The van der Waals surface area contributed by atoms with E-state index in [1.165, 1.54) is 11.3 Å². The van der Waals surface area contributed by atoms with Crippen LogP contribution < -0.4 is 11.2 Å². The zero-order chi connectivity index (χ0) is 10.6. The molecular weight excluding hydrogens is 228 g/mol. The molecule has 0 atom stereocenters. The molecule has 0 fully saturated rings. The smallest absolute Gasteiger partial charge is 0.286 e. The summed E-state index contributed by atoms with van der Waals surface area (Å²) < 4.78 is 0. The van der Waals surface area contributed by atoms with Crippen LogP contribution in [0.3, 0.4) is 0 Å². The Morgan fingerprint density at radius 3 is 2.86 bits per heavy atom. The quantitative estimate of drug-likeness (QED) is 0.747. The highest BCUT2D eigenvalue weighted by molar-refractivity contribution is 7.12. The summed E-state index contributed by atoms with van der Waals surface area (Å²) in [5.41, 5.74) is 6.83. The number of carbonyl (C=O) groups excluding carboxylic acids is 2. The molecule has 0 aliphatic heterocycles. The number of hydroxylamine groups is 1. The first-order valence-electron chi connectivity index (χ1n) is 3.54. The van der Waals surface area contributed by atoms with Gasteiger partial charge in [-0.05, 0) is 11.4 Å². The lowest BCUT2D eigenvalue weighted by molar-refractivity contribution is -0.124. The molecule has 0 spiro atoms. The second-order valence-electron chi connectivity index (χ2n) is 2.28. The van der Waals surface area contributed by atoms with Gasteiger partial charge in [-0.1, -0.05) is 11.6 Å². The van der Waals surface area contributed by atoms with Crippen LogP contribution in [0, 0.1) is 0 Å². The molecule has 14 heavy (non-hydrogen) atoms. The van der Waals surface area contributed by atoms with E-state index in [-0.39, 0.29) is 6.61 Å². The average Bonchev–Trinajstić information content (AvgIpc) is 2.50. The second-order valence-corrected chi connectivity index (χ2v) is 3.61. The van der Waals surface area contributed by atoms with E-state index in [9.17, 15) is 9.59 Å². The summed E-state index contributed by atoms with van der Waals surface area (Å²) in [7, 11) is 0.